The van der Waals surface area contributed by atoms with Gasteiger partial charge in [0.1, 0.15) is 4.83 Å². The number of ketones is 1. The van der Waals surface area contributed by atoms with Crippen LogP contribution < -0.4 is 10.3 Å². The Hall–Kier alpha value is -1.47. The van der Waals surface area contributed by atoms with E-state index < -0.39 is 10.8 Å². The average molecular weight is 459 g/mol. The lowest BCUT2D eigenvalue weighted by Gasteiger charge is -2.13. The van der Waals surface area contributed by atoms with E-state index in [1.54, 1.807) is 12.1 Å². The van der Waals surface area contributed by atoms with Crippen molar-refractivity contribution in [2.45, 2.75) is 36.3 Å². The molecule has 2 aromatic rings. The maximum atomic E-state index is 12.5. The highest BCUT2D eigenvalue weighted by Gasteiger charge is 2.21. The predicted molar refractivity (Wildman–Crippen MR) is 101 cm³/mol. The fraction of sp³-hybridized carbons (Fsp3) is 0.353. The minimum absolute atomic E-state index is 0.0839. The van der Waals surface area contributed by atoms with E-state index in [-0.39, 0.29) is 21.9 Å². The first-order valence-corrected chi connectivity index (χ1v) is 9.42. The van der Waals surface area contributed by atoms with Crippen molar-refractivity contribution in [1.82, 2.24) is 4.98 Å². The second kappa shape index (κ2) is 8.07. The van der Waals surface area contributed by atoms with Gasteiger partial charge in [-0.1, -0.05) is 45.7 Å². The molecule has 0 amide bonds. The van der Waals surface area contributed by atoms with Gasteiger partial charge in [-0.3, -0.25) is 14.4 Å². The van der Waals surface area contributed by atoms with Gasteiger partial charge in [0.25, 0.3) is 0 Å². The Bertz CT molecular complexity index is 831. The van der Waals surface area contributed by atoms with Crippen LogP contribution >= 0.6 is 31.9 Å². The molecule has 2 rings (SSSR count). The number of esters is 1. The highest BCUT2D eigenvalue weighted by Crippen LogP contribution is 2.29. The zero-order chi connectivity index (χ0) is 17.9. The Morgan fingerprint density at radius 2 is 1.75 bits per heavy atom. The standard InChI is InChI=1S/C17H17Br2NO4/c1-3-11(18)16(22)10-5-7-13(24-17(23)12(19)4-2)15-9(10)6-8-14(21)20-15/h5-8,11-12H,3-4H2,1-2H3,(H,20,21). The number of hydrogen-bond acceptors (Lipinski definition) is 4. The van der Waals surface area contributed by atoms with Crippen LogP contribution in [0.2, 0.25) is 0 Å². The van der Waals surface area contributed by atoms with E-state index >= 15 is 0 Å². The van der Waals surface area contributed by atoms with Crippen molar-refractivity contribution < 1.29 is 14.3 Å². The van der Waals surface area contributed by atoms with Crippen LogP contribution in [0.15, 0.2) is 29.1 Å². The smallest absolute Gasteiger partial charge is 0.325 e. The minimum atomic E-state index is -0.450. The Morgan fingerprint density at radius 3 is 2.38 bits per heavy atom. The van der Waals surface area contributed by atoms with Crippen LogP contribution in [-0.4, -0.2) is 26.4 Å². The number of halogens is 2. The lowest BCUT2D eigenvalue weighted by molar-refractivity contribution is -0.133. The van der Waals surface area contributed by atoms with Crippen LogP contribution in [0.25, 0.3) is 10.9 Å². The third-order valence-electron chi connectivity index (χ3n) is 3.59. The third-order valence-corrected chi connectivity index (χ3v) is 5.67. The maximum Gasteiger partial charge on any atom is 0.325 e. The number of ether oxygens (including phenoxy) is 1. The van der Waals surface area contributed by atoms with Crippen LogP contribution in [0, 0.1) is 0 Å². The monoisotopic (exact) mass is 457 g/mol. The van der Waals surface area contributed by atoms with Gasteiger partial charge in [-0.15, -0.1) is 0 Å². The van der Waals surface area contributed by atoms with Gasteiger partial charge in [0.05, 0.1) is 10.3 Å². The van der Waals surface area contributed by atoms with E-state index in [9.17, 15) is 14.4 Å². The zero-order valence-corrected chi connectivity index (χ0v) is 16.4. The number of benzene rings is 1. The SMILES string of the molecule is CCC(Br)C(=O)Oc1ccc(C(=O)C(Br)CC)c2ccc(=O)[nH]c12. The first-order chi connectivity index (χ1) is 11.4. The van der Waals surface area contributed by atoms with Crippen molar-refractivity contribution in [3.63, 3.8) is 0 Å². The average Bonchev–Trinajstić information content (AvgIpc) is 2.59. The van der Waals surface area contributed by atoms with E-state index in [1.807, 2.05) is 13.8 Å². The van der Waals surface area contributed by atoms with Crippen LogP contribution in [0.3, 0.4) is 0 Å². The molecule has 0 aliphatic carbocycles. The summed E-state index contributed by atoms with van der Waals surface area (Å²) in [6.45, 7) is 3.75. The van der Waals surface area contributed by atoms with Gasteiger partial charge in [0.2, 0.25) is 5.56 Å². The van der Waals surface area contributed by atoms with Crippen LogP contribution in [0.1, 0.15) is 37.0 Å². The molecule has 0 fully saturated rings. The summed E-state index contributed by atoms with van der Waals surface area (Å²) in [5, 5.41) is 0.547. The van der Waals surface area contributed by atoms with Gasteiger partial charge < -0.3 is 9.72 Å². The summed E-state index contributed by atoms with van der Waals surface area (Å²) in [4.78, 5) is 38.1. The molecule has 0 aliphatic rings. The molecule has 24 heavy (non-hydrogen) atoms. The van der Waals surface area contributed by atoms with Crippen molar-refractivity contribution in [2.24, 2.45) is 0 Å². The molecule has 1 heterocycles. The van der Waals surface area contributed by atoms with E-state index in [0.717, 1.165) is 0 Å². The van der Waals surface area contributed by atoms with Gasteiger partial charge in [-0.25, -0.2) is 0 Å². The molecule has 0 aliphatic heterocycles. The van der Waals surface area contributed by atoms with Gasteiger partial charge in [-0.2, -0.15) is 0 Å². The highest BCUT2D eigenvalue weighted by molar-refractivity contribution is 9.10. The summed E-state index contributed by atoms with van der Waals surface area (Å²) in [5.74, 6) is -0.307. The molecule has 0 spiro atoms. The fourth-order valence-electron chi connectivity index (χ4n) is 2.22. The number of Topliss-reactive ketones (excluding diaryl/α,β-unsaturated/α-hetero) is 1. The molecular formula is C17H17Br2NO4. The van der Waals surface area contributed by atoms with Crippen molar-refractivity contribution in [2.75, 3.05) is 0 Å². The quantitative estimate of drug-likeness (QED) is 0.307. The molecule has 1 aromatic carbocycles. The molecule has 0 radical (unpaired) electrons. The van der Waals surface area contributed by atoms with E-state index in [2.05, 4.69) is 36.8 Å². The van der Waals surface area contributed by atoms with Gasteiger partial charge >= 0.3 is 5.97 Å². The largest absolute Gasteiger partial charge is 0.423 e. The van der Waals surface area contributed by atoms with Crippen LogP contribution in [0.5, 0.6) is 5.75 Å². The summed E-state index contributed by atoms with van der Waals surface area (Å²) in [6, 6.07) is 6.07. The maximum absolute atomic E-state index is 12.5. The molecule has 5 nitrogen and oxygen atoms in total. The number of H-pyrrole nitrogens is 1. The molecule has 1 aromatic heterocycles. The first-order valence-electron chi connectivity index (χ1n) is 7.59. The van der Waals surface area contributed by atoms with Crippen molar-refractivity contribution in [3.05, 3.63) is 40.2 Å². The number of carbonyl (C=O) groups excluding carboxylic acids is 2. The molecule has 0 saturated carbocycles. The normalized spacial score (nSPS) is 13.5. The molecule has 0 bridgehead atoms. The summed E-state index contributed by atoms with van der Waals surface area (Å²) >= 11 is 6.59. The number of rotatable bonds is 6. The molecular weight excluding hydrogens is 442 g/mol. The van der Waals surface area contributed by atoms with Crippen LogP contribution in [0.4, 0.5) is 0 Å². The summed E-state index contributed by atoms with van der Waals surface area (Å²) in [7, 11) is 0. The number of alkyl halides is 2. The molecule has 0 saturated heterocycles. The van der Waals surface area contributed by atoms with Crippen molar-refractivity contribution >= 4 is 54.5 Å². The number of carbonyl (C=O) groups is 2. The van der Waals surface area contributed by atoms with E-state index in [4.69, 9.17) is 4.74 Å². The molecule has 128 valence electrons. The first kappa shape index (κ1) is 18.9. The number of fused-ring (bicyclic) bond motifs is 1. The Morgan fingerprint density at radius 1 is 1.08 bits per heavy atom. The number of nitrogens with one attached hydrogen (secondary N) is 1. The molecule has 2 unspecified atom stereocenters. The Kier molecular flexibility index (Phi) is 6.34. The topological polar surface area (TPSA) is 76.2 Å². The lowest BCUT2D eigenvalue weighted by atomic mass is 10.0. The van der Waals surface area contributed by atoms with Crippen LogP contribution in [-0.2, 0) is 4.79 Å². The van der Waals surface area contributed by atoms with Crippen molar-refractivity contribution in [1.29, 1.82) is 0 Å². The number of aromatic amines is 1. The Balaban J connectivity index is 2.56. The highest BCUT2D eigenvalue weighted by atomic mass is 79.9. The third kappa shape index (κ3) is 3.95. The number of hydrogen-bond donors (Lipinski definition) is 1. The molecule has 7 heteroatoms. The van der Waals surface area contributed by atoms with Gasteiger partial charge in [0.15, 0.2) is 11.5 Å². The fourth-order valence-corrected chi connectivity index (χ4v) is 2.56. The summed E-state index contributed by atoms with van der Waals surface area (Å²) in [5.41, 5.74) is 0.477. The second-order valence-electron chi connectivity index (χ2n) is 5.26. The number of pyridine rings is 1. The molecule has 2 atom stereocenters. The van der Waals surface area contributed by atoms with Gasteiger partial charge in [0, 0.05) is 17.0 Å². The van der Waals surface area contributed by atoms with Crippen molar-refractivity contribution in [3.8, 4) is 5.75 Å². The van der Waals surface area contributed by atoms with E-state index in [1.165, 1.54) is 12.1 Å². The Labute approximate surface area is 156 Å². The zero-order valence-electron chi connectivity index (χ0n) is 13.3. The summed E-state index contributed by atoms with van der Waals surface area (Å²) in [6.07, 6.45) is 1.22. The minimum Gasteiger partial charge on any atom is -0.423 e. The number of aromatic nitrogens is 1. The van der Waals surface area contributed by atoms with Gasteiger partial charge in [-0.05, 0) is 31.0 Å². The molecule has 1 N–H and O–H groups in total. The predicted octanol–water partition coefficient (Wildman–Crippen LogP) is 3.96. The lowest BCUT2D eigenvalue weighted by Crippen LogP contribution is -2.20. The summed E-state index contributed by atoms with van der Waals surface area (Å²) < 4.78 is 5.38. The van der Waals surface area contributed by atoms with E-state index in [0.29, 0.717) is 29.3 Å². The second-order valence-corrected chi connectivity index (χ2v) is 7.47.